The zero-order valence-electron chi connectivity index (χ0n) is 7.84. The number of hydrogen-bond donors (Lipinski definition) is 0. The van der Waals surface area contributed by atoms with Gasteiger partial charge in [-0.1, -0.05) is 30.3 Å². The molecule has 0 aliphatic rings. The fourth-order valence-corrected chi connectivity index (χ4v) is 1.32. The highest BCUT2D eigenvalue weighted by atomic mass is 127. The fourth-order valence-electron chi connectivity index (χ4n) is 1.32. The highest BCUT2D eigenvalue weighted by molar-refractivity contribution is 14.0. The molecule has 2 rings (SSSR count). The second kappa shape index (κ2) is 5.80. The van der Waals surface area contributed by atoms with Gasteiger partial charge in [-0.25, -0.2) is 4.98 Å². The molecule has 0 bridgehead atoms. The van der Waals surface area contributed by atoms with Gasteiger partial charge in [-0.05, 0) is 12.0 Å². The van der Waals surface area contributed by atoms with Crippen LogP contribution in [0.5, 0.6) is 0 Å². The lowest BCUT2D eigenvalue weighted by molar-refractivity contribution is 0.696. The molecule has 0 atom stereocenters. The molecule has 0 aliphatic heterocycles. The van der Waals surface area contributed by atoms with Crippen molar-refractivity contribution < 1.29 is 0 Å². The van der Waals surface area contributed by atoms with E-state index in [1.165, 1.54) is 5.56 Å². The normalized spacial score (nSPS) is 9.43. The van der Waals surface area contributed by atoms with Gasteiger partial charge < -0.3 is 4.57 Å². The lowest BCUT2D eigenvalue weighted by atomic mass is 10.1. The Morgan fingerprint density at radius 1 is 1.14 bits per heavy atom. The number of nitrogens with zero attached hydrogens (tertiary/aromatic N) is 2. The van der Waals surface area contributed by atoms with Crippen LogP contribution in [-0.2, 0) is 13.0 Å². The van der Waals surface area contributed by atoms with E-state index in [9.17, 15) is 0 Å². The van der Waals surface area contributed by atoms with Crippen molar-refractivity contribution in [1.82, 2.24) is 9.55 Å². The van der Waals surface area contributed by atoms with Crippen molar-refractivity contribution in [2.24, 2.45) is 0 Å². The Hall–Kier alpha value is -0.840. The number of aryl methyl sites for hydroxylation is 2. The third-order valence-corrected chi connectivity index (χ3v) is 2.06. The number of aromatic nitrogens is 2. The number of halogens is 1. The molecule has 2 nitrogen and oxygen atoms in total. The number of benzene rings is 1. The van der Waals surface area contributed by atoms with Crippen LogP contribution in [0, 0.1) is 0 Å². The van der Waals surface area contributed by atoms with Crippen LogP contribution in [0.3, 0.4) is 0 Å². The van der Waals surface area contributed by atoms with Gasteiger partial charge in [0.05, 0.1) is 6.33 Å². The molecule has 0 N–H and O–H groups in total. The van der Waals surface area contributed by atoms with Crippen molar-refractivity contribution in [3.05, 3.63) is 54.6 Å². The molecular weight excluding hydrogens is 287 g/mol. The van der Waals surface area contributed by atoms with Gasteiger partial charge >= 0.3 is 0 Å². The molecule has 3 heteroatoms. The highest BCUT2D eigenvalue weighted by Crippen LogP contribution is 2.01. The maximum absolute atomic E-state index is 4.00. The van der Waals surface area contributed by atoms with Crippen LogP contribution in [0.1, 0.15) is 5.56 Å². The first-order valence-corrected chi connectivity index (χ1v) is 4.45. The summed E-state index contributed by atoms with van der Waals surface area (Å²) in [5, 5.41) is 0. The molecule has 0 radical (unpaired) electrons. The van der Waals surface area contributed by atoms with Crippen LogP contribution >= 0.6 is 24.0 Å². The Morgan fingerprint density at radius 3 is 2.57 bits per heavy atom. The van der Waals surface area contributed by atoms with Gasteiger partial charge in [-0.15, -0.1) is 24.0 Å². The van der Waals surface area contributed by atoms with Crippen LogP contribution in [0.2, 0.25) is 0 Å². The van der Waals surface area contributed by atoms with E-state index >= 15 is 0 Å². The lowest BCUT2D eigenvalue weighted by Gasteiger charge is -2.01. The molecular formula is C11H13IN2. The summed E-state index contributed by atoms with van der Waals surface area (Å²) in [6, 6.07) is 10.5. The first kappa shape index (κ1) is 11.2. The van der Waals surface area contributed by atoms with Crippen LogP contribution < -0.4 is 0 Å². The SMILES string of the molecule is I.c1ccc(CCn2ccnc2)cc1. The second-order valence-electron chi connectivity index (χ2n) is 3.04. The fraction of sp³-hybridized carbons (Fsp3) is 0.182. The monoisotopic (exact) mass is 300 g/mol. The second-order valence-corrected chi connectivity index (χ2v) is 3.04. The average Bonchev–Trinajstić information content (AvgIpc) is 2.69. The topological polar surface area (TPSA) is 17.8 Å². The summed E-state index contributed by atoms with van der Waals surface area (Å²) in [6.07, 6.45) is 6.72. The Labute approximate surface area is 101 Å². The predicted molar refractivity (Wildman–Crippen MR) is 67.8 cm³/mol. The Bertz CT molecular complexity index is 343. The quantitative estimate of drug-likeness (QED) is 0.797. The molecule has 0 spiro atoms. The zero-order chi connectivity index (χ0) is 8.93. The minimum atomic E-state index is 0. The number of imidazole rings is 1. The Morgan fingerprint density at radius 2 is 1.93 bits per heavy atom. The van der Waals surface area contributed by atoms with Crippen LogP contribution in [-0.4, -0.2) is 9.55 Å². The molecule has 0 amide bonds. The molecule has 1 aromatic carbocycles. The van der Waals surface area contributed by atoms with E-state index in [0.717, 1.165) is 13.0 Å². The van der Waals surface area contributed by atoms with Crippen molar-refractivity contribution in [2.45, 2.75) is 13.0 Å². The maximum Gasteiger partial charge on any atom is 0.0946 e. The smallest absolute Gasteiger partial charge is 0.0946 e. The molecule has 14 heavy (non-hydrogen) atoms. The maximum atomic E-state index is 4.00. The van der Waals surface area contributed by atoms with Crippen LogP contribution in [0.15, 0.2) is 49.1 Å². The van der Waals surface area contributed by atoms with E-state index in [1.807, 2.05) is 24.8 Å². The molecule has 0 fully saturated rings. The molecule has 0 saturated carbocycles. The van der Waals surface area contributed by atoms with Crippen molar-refractivity contribution in [3.8, 4) is 0 Å². The van der Waals surface area contributed by atoms with Gasteiger partial charge in [0.15, 0.2) is 0 Å². The average molecular weight is 300 g/mol. The predicted octanol–water partition coefficient (Wildman–Crippen LogP) is 2.74. The minimum Gasteiger partial charge on any atom is -0.337 e. The van der Waals surface area contributed by atoms with Crippen molar-refractivity contribution in [2.75, 3.05) is 0 Å². The van der Waals surface area contributed by atoms with Crippen molar-refractivity contribution >= 4 is 24.0 Å². The molecule has 2 aromatic rings. The lowest BCUT2D eigenvalue weighted by Crippen LogP contribution is -1.97. The summed E-state index contributed by atoms with van der Waals surface area (Å²) in [5.41, 5.74) is 1.37. The van der Waals surface area contributed by atoms with E-state index in [4.69, 9.17) is 0 Å². The van der Waals surface area contributed by atoms with E-state index in [0.29, 0.717) is 0 Å². The van der Waals surface area contributed by atoms with E-state index in [1.54, 1.807) is 0 Å². The van der Waals surface area contributed by atoms with Gasteiger partial charge in [0.2, 0.25) is 0 Å². The van der Waals surface area contributed by atoms with Crippen LogP contribution in [0.25, 0.3) is 0 Å². The molecule has 0 aliphatic carbocycles. The number of rotatable bonds is 3. The summed E-state index contributed by atoms with van der Waals surface area (Å²) >= 11 is 0. The van der Waals surface area contributed by atoms with Gasteiger partial charge in [0.25, 0.3) is 0 Å². The van der Waals surface area contributed by atoms with Gasteiger partial charge in [-0.3, -0.25) is 0 Å². The Balaban J connectivity index is 0.000000980. The number of hydrogen-bond acceptors (Lipinski definition) is 1. The summed E-state index contributed by atoms with van der Waals surface area (Å²) in [7, 11) is 0. The van der Waals surface area contributed by atoms with Crippen LogP contribution in [0.4, 0.5) is 0 Å². The highest BCUT2D eigenvalue weighted by Gasteiger charge is 1.92. The van der Waals surface area contributed by atoms with Gasteiger partial charge in [-0.2, -0.15) is 0 Å². The first-order valence-electron chi connectivity index (χ1n) is 4.45. The molecule has 1 heterocycles. The van der Waals surface area contributed by atoms with E-state index in [2.05, 4.69) is 33.8 Å². The zero-order valence-corrected chi connectivity index (χ0v) is 10.2. The van der Waals surface area contributed by atoms with Gasteiger partial charge in [0, 0.05) is 18.9 Å². The molecule has 74 valence electrons. The largest absolute Gasteiger partial charge is 0.337 e. The summed E-state index contributed by atoms with van der Waals surface area (Å²) in [6.45, 7) is 1.00. The summed E-state index contributed by atoms with van der Waals surface area (Å²) in [5.74, 6) is 0. The van der Waals surface area contributed by atoms with Gasteiger partial charge in [0.1, 0.15) is 0 Å². The first-order chi connectivity index (χ1) is 6.45. The van der Waals surface area contributed by atoms with E-state index in [-0.39, 0.29) is 24.0 Å². The molecule has 1 aromatic heterocycles. The molecule has 0 unspecified atom stereocenters. The van der Waals surface area contributed by atoms with E-state index < -0.39 is 0 Å². The third-order valence-electron chi connectivity index (χ3n) is 2.06. The molecule has 0 saturated heterocycles. The summed E-state index contributed by atoms with van der Waals surface area (Å²) in [4.78, 5) is 4.00. The minimum absolute atomic E-state index is 0. The summed E-state index contributed by atoms with van der Waals surface area (Å²) < 4.78 is 2.09. The van der Waals surface area contributed by atoms with Crippen molar-refractivity contribution in [1.29, 1.82) is 0 Å². The Kier molecular flexibility index (Phi) is 4.65. The standard InChI is InChI=1S/C11H12N2.HI/c1-2-4-11(5-3-1)6-8-13-9-7-12-10-13;/h1-5,7,9-10H,6,8H2;1H. The third kappa shape index (κ3) is 3.14. The van der Waals surface area contributed by atoms with Crippen molar-refractivity contribution in [3.63, 3.8) is 0 Å².